The first-order valence-corrected chi connectivity index (χ1v) is 9.42. The minimum absolute atomic E-state index is 0.0163. The number of thioether (sulfide) groups is 1. The molecule has 0 bridgehead atoms. The second-order valence-corrected chi connectivity index (χ2v) is 7.48. The van der Waals surface area contributed by atoms with Gasteiger partial charge in [-0.25, -0.2) is 0 Å². The Balaban J connectivity index is 1.58. The van der Waals surface area contributed by atoms with Gasteiger partial charge < -0.3 is 9.88 Å². The molecule has 0 radical (unpaired) electrons. The van der Waals surface area contributed by atoms with Crippen molar-refractivity contribution in [2.45, 2.75) is 50.6 Å². The zero-order valence-corrected chi connectivity index (χ0v) is 15.3. The quantitative estimate of drug-likeness (QED) is 0.838. The molecule has 1 aliphatic carbocycles. The fourth-order valence-electron chi connectivity index (χ4n) is 3.26. The monoisotopic (exact) mass is 344 g/mol. The largest absolute Gasteiger partial charge is 0.325 e. The summed E-state index contributed by atoms with van der Waals surface area (Å²) in [6, 6.07) is 6.03. The van der Waals surface area contributed by atoms with E-state index in [0.29, 0.717) is 11.7 Å². The minimum Gasteiger partial charge on any atom is -0.325 e. The highest BCUT2D eigenvalue weighted by Gasteiger charge is 2.23. The van der Waals surface area contributed by atoms with E-state index >= 15 is 0 Å². The Morgan fingerprint density at radius 1 is 1.29 bits per heavy atom. The van der Waals surface area contributed by atoms with Crippen molar-refractivity contribution in [3.05, 3.63) is 35.2 Å². The highest BCUT2D eigenvalue weighted by Crippen LogP contribution is 2.33. The normalized spacial score (nSPS) is 15.0. The molecule has 1 heterocycles. The summed E-state index contributed by atoms with van der Waals surface area (Å²) in [5, 5.41) is 12.4. The molecule has 1 saturated carbocycles. The van der Waals surface area contributed by atoms with E-state index in [4.69, 9.17) is 0 Å². The molecule has 1 aromatic heterocycles. The van der Waals surface area contributed by atoms with Crippen molar-refractivity contribution in [3.63, 3.8) is 0 Å². The van der Waals surface area contributed by atoms with E-state index in [9.17, 15) is 4.79 Å². The van der Waals surface area contributed by atoms with Crippen LogP contribution < -0.4 is 5.32 Å². The van der Waals surface area contributed by atoms with Crippen LogP contribution in [0.25, 0.3) is 0 Å². The summed E-state index contributed by atoms with van der Waals surface area (Å²) in [7, 11) is 2.00. The summed E-state index contributed by atoms with van der Waals surface area (Å²) in [4.78, 5) is 12.2. The molecule has 1 fully saturated rings. The van der Waals surface area contributed by atoms with Gasteiger partial charge in [0.15, 0.2) is 5.16 Å². The summed E-state index contributed by atoms with van der Waals surface area (Å²) in [6.45, 7) is 4.05. The third kappa shape index (κ3) is 3.80. The Morgan fingerprint density at radius 2 is 2.04 bits per heavy atom. The fraction of sp³-hybridized carbons (Fsp3) is 0.500. The summed E-state index contributed by atoms with van der Waals surface area (Å²) in [6.07, 6.45) is 4.95. The van der Waals surface area contributed by atoms with E-state index in [0.717, 1.165) is 22.2 Å². The zero-order chi connectivity index (χ0) is 17.1. The topological polar surface area (TPSA) is 59.8 Å². The van der Waals surface area contributed by atoms with Crippen LogP contribution in [0.1, 0.15) is 48.6 Å². The van der Waals surface area contributed by atoms with E-state index in [2.05, 4.69) is 21.6 Å². The standard InChI is InChI=1S/C18H24N4OS/c1-12-8-9-15(13(2)10-12)19-16(23)11-24-18-21-20-17(22(18)3)14-6-4-5-7-14/h8-10,14H,4-7,11H2,1-3H3,(H,19,23). The molecule has 1 amide bonds. The number of anilines is 1. The summed E-state index contributed by atoms with van der Waals surface area (Å²) in [5.41, 5.74) is 3.14. The van der Waals surface area contributed by atoms with Gasteiger partial charge in [0.1, 0.15) is 5.82 Å². The minimum atomic E-state index is -0.0163. The zero-order valence-electron chi connectivity index (χ0n) is 14.5. The van der Waals surface area contributed by atoms with Crippen LogP contribution in [0.2, 0.25) is 0 Å². The molecular formula is C18H24N4OS. The molecule has 0 spiro atoms. The summed E-state index contributed by atoms with van der Waals surface area (Å²) in [5.74, 6) is 1.91. The molecule has 1 aromatic carbocycles. The smallest absolute Gasteiger partial charge is 0.234 e. The van der Waals surface area contributed by atoms with Gasteiger partial charge in [0.25, 0.3) is 0 Å². The lowest BCUT2D eigenvalue weighted by atomic mass is 10.1. The molecular weight excluding hydrogens is 320 g/mol. The van der Waals surface area contributed by atoms with Gasteiger partial charge in [-0.05, 0) is 38.3 Å². The lowest BCUT2D eigenvalue weighted by molar-refractivity contribution is -0.113. The van der Waals surface area contributed by atoms with Crippen molar-refractivity contribution in [2.75, 3.05) is 11.1 Å². The third-order valence-electron chi connectivity index (χ3n) is 4.58. The number of hydrogen-bond donors (Lipinski definition) is 1. The van der Waals surface area contributed by atoms with E-state index in [1.165, 1.54) is 43.0 Å². The number of benzene rings is 1. The van der Waals surface area contributed by atoms with Crippen LogP contribution in [0.3, 0.4) is 0 Å². The van der Waals surface area contributed by atoms with Crippen LogP contribution in [0.15, 0.2) is 23.4 Å². The third-order valence-corrected chi connectivity index (χ3v) is 5.60. The number of nitrogens with zero attached hydrogens (tertiary/aromatic N) is 3. The molecule has 24 heavy (non-hydrogen) atoms. The molecule has 0 saturated heterocycles. The van der Waals surface area contributed by atoms with Gasteiger partial charge in [0.2, 0.25) is 5.91 Å². The molecule has 5 nitrogen and oxygen atoms in total. The number of aryl methyl sites for hydroxylation is 2. The molecule has 6 heteroatoms. The van der Waals surface area contributed by atoms with E-state index in [-0.39, 0.29) is 5.91 Å². The predicted octanol–water partition coefficient (Wildman–Crippen LogP) is 3.82. The predicted molar refractivity (Wildman–Crippen MR) is 97.5 cm³/mol. The van der Waals surface area contributed by atoms with Crippen molar-refractivity contribution in [2.24, 2.45) is 7.05 Å². The second-order valence-electron chi connectivity index (χ2n) is 6.54. The van der Waals surface area contributed by atoms with E-state index in [1.54, 1.807) is 0 Å². The van der Waals surface area contributed by atoms with Gasteiger partial charge in [-0.15, -0.1) is 10.2 Å². The van der Waals surface area contributed by atoms with Crippen LogP contribution in [0.4, 0.5) is 5.69 Å². The molecule has 0 atom stereocenters. The van der Waals surface area contributed by atoms with Crippen LogP contribution in [0.5, 0.6) is 0 Å². The highest BCUT2D eigenvalue weighted by molar-refractivity contribution is 7.99. The fourth-order valence-corrected chi connectivity index (χ4v) is 3.98. The van der Waals surface area contributed by atoms with Crippen molar-refractivity contribution in [1.82, 2.24) is 14.8 Å². The Bertz CT molecular complexity index is 735. The molecule has 2 aromatic rings. The first-order chi connectivity index (χ1) is 11.5. The van der Waals surface area contributed by atoms with E-state index in [1.807, 2.05) is 37.6 Å². The van der Waals surface area contributed by atoms with Crippen LogP contribution in [-0.2, 0) is 11.8 Å². The molecule has 1 N–H and O–H groups in total. The molecule has 1 aliphatic rings. The van der Waals surface area contributed by atoms with Crippen molar-refractivity contribution >= 4 is 23.4 Å². The highest BCUT2D eigenvalue weighted by atomic mass is 32.2. The number of amides is 1. The second kappa shape index (κ2) is 7.38. The molecule has 0 unspecified atom stereocenters. The maximum absolute atomic E-state index is 12.2. The Labute approximate surface area is 147 Å². The van der Waals surface area contributed by atoms with Gasteiger partial charge in [-0.2, -0.15) is 0 Å². The number of aromatic nitrogens is 3. The van der Waals surface area contributed by atoms with Crippen LogP contribution in [0, 0.1) is 13.8 Å². The maximum Gasteiger partial charge on any atom is 0.234 e. The van der Waals surface area contributed by atoms with Crippen molar-refractivity contribution in [3.8, 4) is 0 Å². The van der Waals surface area contributed by atoms with E-state index < -0.39 is 0 Å². The number of nitrogens with one attached hydrogen (secondary N) is 1. The summed E-state index contributed by atoms with van der Waals surface area (Å²) >= 11 is 1.44. The molecule has 128 valence electrons. The number of hydrogen-bond acceptors (Lipinski definition) is 4. The number of carbonyl (C=O) groups is 1. The first-order valence-electron chi connectivity index (χ1n) is 8.44. The van der Waals surface area contributed by atoms with Gasteiger partial charge >= 0.3 is 0 Å². The first kappa shape index (κ1) is 17.0. The average molecular weight is 344 g/mol. The van der Waals surface area contributed by atoms with Crippen LogP contribution in [-0.4, -0.2) is 26.4 Å². The maximum atomic E-state index is 12.2. The van der Waals surface area contributed by atoms with Gasteiger partial charge in [-0.1, -0.05) is 42.3 Å². The number of carbonyl (C=O) groups excluding carboxylic acids is 1. The average Bonchev–Trinajstić information content (AvgIpc) is 3.18. The molecule has 3 rings (SSSR count). The van der Waals surface area contributed by atoms with Crippen molar-refractivity contribution < 1.29 is 4.79 Å². The SMILES string of the molecule is Cc1ccc(NC(=O)CSc2nnc(C3CCCC3)n2C)c(C)c1. The lowest BCUT2D eigenvalue weighted by Gasteiger charge is -2.10. The summed E-state index contributed by atoms with van der Waals surface area (Å²) < 4.78 is 2.05. The Hall–Kier alpha value is -1.82. The number of rotatable bonds is 5. The molecule has 0 aliphatic heterocycles. The lowest BCUT2D eigenvalue weighted by Crippen LogP contribution is -2.15. The Kier molecular flexibility index (Phi) is 5.23. The van der Waals surface area contributed by atoms with Gasteiger partial charge in [0, 0.05) is 18.7 Å². The van der Waals surface area contributed by atoms with Crippen LogP contribution >= 0.6 is 11.8 Å². The van der Waals surface area contributed by atoms with Crippen molar-refractivity contribution in [1.29, 1.82) is 0 Å². The van der Waals surface area contributed by atoms with Gasteiger partial charge in [-0.3, -0.25) is 4.79 Å². The Morgan fingerprint density at radius 3 is 2.75 bits per heavy atom. The van der Waals surface area contributed by atoms with Gasteiger partial charge in [0.05, 0.1) is 5.75 Å².